The molecule has 1 heterocycles. The van der Waals surface area contributed by atoms with Gasteiger partial charge in [-0.25, -0.2) is 4.98 Å². The molecule has 0 saturated carbocycles. The van der Waals surface area contributed by atoms with Gasteiger partial charge in [0, 0.05) is 6.07 Å². The Labute approximate surface area is 102 Å². The SMILES string of the molecule is N#Cc1ccc(Nc2cc(=O)[nH]cn2)c(Cl)c1. The van der Waals surface area contributed by atoms with Gasteiger partial charge in [-0.15, -0.1) is 0 Å². The van der Waals surface area contributed by atoms with Crippen LogP contribution in [0.15, 0.2) is 35.4 Å². The first-order chi connectivity index (χ1) is 8.19. The molecule has 0 bridgehead atoms. The van der Waals surface area contributed by atoms with Crippen molar-refractivity contribution >= 4 is 23.1 Å². The van der Waals surface area contributed by atoms with Gasteiger partial charge in [0.2, 0.25) is 0 Å². The first kappa shape index (κ1) is 11.2. The van der Waals surface area contributed by atoms with Gasteiger partial charge in [-0.3, -0.25) is 4.79 Å². The van der Waals surface area contributed by atoms with Crippen LogP contribution in [0.3, 0.4) is 0 Å². The van der Waals surface area contributed by atoms with Crippen LogP contribution in [0.1, 0.15) is 5.56 Å². The van der Waals surface area contributed by atoms with Gasteiger partial charge in [0.05, 0.1) is 28.7 Å². The molecule has 0 spiro atoms. The predicted octanol–water partition coefficient (Wildman–Crippen LogP) is 2.04. The van der Waals surface area contributed by atoms with Gasteiger partial charge in [0.15, 0.2) is 0 Å². The second-order valence-electron chi connectivity index (χ2n) is 3.23. The molecule has 1 aromatic carbocycles. The molecule has 0 aliphatic carbocycles. The van der Waals surface area contributed by atoms with Crippen molar-refractivity contribution in [2.24, 2.45) is 0 Å². The second-order valence-corrected chi connectivity index (χ2v) is 3.63. The number of H-pyrrole nitrogens is 1. The number of nitrogens with one attached hydrogen (secondary N) is 2. The van der Waals surface area contributed by atoms with Gasteiger partial charge < -0.3 is 10.3 Å². The average Bonchev–Trinajstić information content (AvgIpc) is 2.32. The number of aromatic amines is 1. The maximum absolute atomic E-state index is 11.1. The van der Waals surface area contributed by atoms with Gasteiger partial charge in [0.25, 0.3) is 5.56 Å². The Morgan fingerprint density at radius 2 is 2.24 bits per heavy atom. The van der Waals surface area contributed by atoms with Crippen LogP contribution in [-0.4, -0.2) is 9.97 Å². The maximum atomic E-state index is 11.1. The lowest BCUT2D eigenvalue weighted by Gasteiger charge is -2.06. The summed E-state index contributed by atoms with van der Waals surface area (Å²) in [5.74, 6) is 0.389. The van der Waals surface area contributed by atoms with E-state index in [1.807, 2.05) is 6.07 Å². The minimum atomic E-state index is -0.257. The highest BCUT2D eigenvalue weighted by molar-refractivity contribution is 6.33. The van der Waals surface area contributed by atoms with E-state index in [9.17, 15) is 4.79 Å². The number of anilines is 2. The lowest BCUT2D eigenvalue weighted by Crippen LogP contribution is -2.06. The smallest absolute Gasteiger partial charge is 0.252 e. The van der Waals surface area contributed by atoms with Gasteiger partial charge in [-0.05, 0) is 18.2 Å². The van der Waals surface area contributed by atoms with E-state index in [2.05, 4.69) is 15.3 Å². The van der Waals surface area contributed by atoms with Crippen molar-refractivity contribution in [1.29, 1.82) is 5.26 Å². The summed E-state index contributed by atoms with van der Waals surface area (Å²) >= 11 is 5.97. The molecule has 0 saturated heterocycles. The van der Waals surface area contributed by atoms with Crippen molar-refractivity contribution in [3.8, 4) is 6.07 Å². The van der Waals surface area contributed by atoms with E-state index in [0.29, 0.717) is 22.1 Å². The van der Waals surface area contributed by atoms with Crippen LogP contribution >= 0.6 is 11.6 Å². The maximum Gasteiger partial charge on any atom is 0.252 e. The summed E-state index contributed by atoms with van der Waals surface area (Å²) < 4.78 is 0. The second kappa shape index (κ2) is 4.68. The number of hydrogen-bond acceptors (Lipinski definition) is 4. The molecule has 0 aliphatic rings. The number of halogens is 1. The van der Waals surface area contributed by atoms with Crippen LogP contribution in [0.2, 0.25) is 5.02 Å². The fraction of sp³-hybridized carbons (Fsp3) is 0. The molecule has 2 rings (SSSR count). The molecule has 17 heavy (non-hydrogen) atoms. The van der Waals surface area contributed by atoms with Crippen molar-refractivity contribution in [3.63, 3.8) is 0 Å². The highest BCUT2D eigenvalue weighted by atomic mass is 35.5. The van der Waals surface area contributed by atoms with E-state index >= 15 is 0 Å². The number of nitrogens with zero attached hydrogens (tertiary/aromatic N) is 2. The third-order valence-corrected chi connectivity index (χ3v) is 2.35. The highest BCUT2D eigenvalue weighted by Crippen LogP contribution is 2.24. The molecule has 0 atom stereocenters. The molecule has 0 amide bonds. The molecule has 2 aromatic rings. The van der Waals surface area contributed by atoms with E-state index < -0.39 is 0 Å². The van der Waals surface area contributed by atoms with E-state index in [4.69, 9.17) is 16.9 Å². The Hall–Kier alpha value is -2.32. The molecule has 0 fully saturated rings. The standard InChI is InChI=1S/C11H7ClN4O/c12-8-3-7(5-13)1-2-9(8)16-10-4-11(17)15-6-14-10/h1-4,6H,(H2,14,15,16,17). The number of rotatable bonds is 2. The van der Waals surface area contributed by atoms with Crippen molar-refractivity contribution < 1.29 is 0 Å². The van der Waals surface area contributed by atoms with Gasteiger partial charge in [-0.1, -0.05) is 11.6 Å². The predicted molar refractivity (Wildman–Crippen MR) is 64.3 cm³/mol. The first-order valence-electron chi connectivity index (χ1n) is 4.70. The summed E-state index contributed by atoms with van der Waals surface area (Å²) in [6, 6.07) is 8.12. The van der Waals surface area contributed by atoms with Crippen molar-refractivity contribution in [3.05, 3.63) is 51.5 Å². The lowest BCUT2D eigenvalue weighted by atomic mass is 10.2. The van der Waals surface area contributed by atoms with Crippen LogP contribution in [0.5, 0.6) is 0 Å². The Kier molecular flexibility index (Phi) is 3.08. The third-order valence-electron chi connectivity index (χ3n) is 2.04. The number of benzene rings is 1. The fourth-order valence-electron chi connectivity index (χ4n) is 1.26. The van der Waals surface area contributed by atoms with Crippen molar-refractivity contribution in [2.45, 2.75) is 0 Å². The minimum absolute atomic E-state index is 0.257. The van der Waals surface area contributed by atoms with Gasteiger partial charge in [0.1, 0.15) is 5.82 Å². The number of hydrogen-bond donors (Lipinski definition) is 2. The average molecular weight is 247 g/mol. The number of aromatic nitrogens is 2. The summed E-state index contributed by atoms with van der Waals surface area (Å²) in [4.78, 5) is 17.4. The normalized spacial score (nSPS) is 9.65. The van der Waals surface area contributed by atoms with Crippen LogP contribution < -0.4 is 10.9 Å². The molecule has 2 N–H and O–H groups in total. The summed E-state index contributed by atoms with van der Waals surface area (Å²) in [6.07, 6.45) is 1.29. The molecule has 0 radical (unpaired) electrons. The van der Waals surface area contributed by atoms with Crippen LogP contribution in [0.25, 0.3) is 0 Å². The minimum Gasteiger partial charge on any atom is -0.339 e. The molecule has 1 aromatic heterocycles. The molecular weight excluding hydrogens is 240 g/mol. The zero-order valence-corrected chi connectivity index (χ0v) is 9.32. The largest absolute Gasteiger partial charge is 0.339 e. The topological polar surface area (TPSA) is 81.6 Å². The Morgan fingerprint density at radius 3 is 2.88 bits per heavy atom. The van der Waals surface area contributed by atoms with Crippen LogP contribution in [0.4, 0.5) is 11.5 Å². The van der Waals surface area contributed by atoms with E-state index in [-0.39, 0.29) is 5.56 Å². The summed E-state index contributed by atoms with van der Waals surface area (Å²) in [5.41, 5.74) is 0.801. The fourth-order valence-corrected chi connectivity index (χ4v) is 1.49. The molecule has 0 unspecified atom stereocenters. The van der Waals surface area contributed by atoms with Crippen molar-refractivity contribution in [2.75, 3.05) is 5.32 Å². The molecule has 84 valence electrons. The monoisotopic (exact) mass is 246 g/mol. The molecular formula is C11H7ClN4O. The summed E-state index contributed by atoms with van der Waals surface area (Å²) in [6.45, 7) is 0. The van der Waals surface area contributed by atoms with Crippen molar-refractivity contribution in [1.82, 2.24) is 9.97 Å². The van der Waals surface area contributed by atoms with Gasteiger partial charge in [-0.2, -0.15) is 5.26 Å². The Morgan fingerprint density at radius 1 is 1.41 bits per heavy atom. The van der Waals surface area contributed by atoms with E-state index in [1.165, 1.54) is 18.5 Å². The highest BCUT2D eigenvalue weighted by Gasteiger charge is 2.03. The van der Waals surface area contributed by atoms with Crippen LogP contribution in [-0.2, 0) is 0 Å². The molecule has 0 aliphatic heterocycles. The summed E-state index contributed by atoms with van der Waals surface area (Å²) in [5, 5.41) is 12.0. The molecule has 5 nitrogen and oxygen atoms in total. The first-order valence-corrected chi connectivity index (χ1v) is 5.08. The summed E-state index contributed by atoms with van der Waals surface area (Å²) in [7, 11) is 0. The lowest BCUT2D eigenvalue weighted by molar-refractivity contribution is 1.12. The van der Waals surface area contributed by atoms with Gasteiger partial charge >= 0.3 is 0 Å². The third kappa shape index (κ3) is 2.62. The van der Waals surface area contributed by atoms with E-state index in [0.717, 1.165) is 0 Å². The molecule has 6 heteroatoms. The zero-order chi connectivity index (χ0) is 12.3. The van der Waals surface area contributed by atoms with E-state index in [1.54, 1.807) is 12.1 Å². The quantitative estimate of drug-likeness (QED) is 0.850. The Bertz CT molecular complexity index is 644. The Balaban J connectivity index is 2.31. The van der Waals surface area contributed by atoms with Crippen LogP contribution in [0, 0.1) is 11.3 Å². The zero-order valence-electron chi connectivity index (χ0n) is 8.57. The number of nitriles is 1.